The van der Waals surface area contributed by atoms with Gasteiger partial charge in [0.2, 0.25) is 0 Å². The molecule has 0 fully saturated rings. The molecule has 0 saturated carbocycles. The zero-order chi connectivity index (χ0) is 14.8. The van der Waals surface area contributed by atoms with E-state index in [1.54, 1.807) is 0 Å². The number of hydrogen-bond donors (Lipinski definition) is 0. The molecule has 0 aliphatic rings. The zero-order valence-corrected chi connectivity index (χ0v) is 12.9. The van der Waals surface area contributed by atoms with Crippen LogP contribution in [0.4, 0.5) is 0 Å². The third-order valence-electron chi connectivity index (χ3n) is 3.37. The summed E-state index contributed by atoms with van der Waals surface area (Å²) in [5.41, 5.74) is 1.99. The quantitative estimate of drug-likeness (QED) is 0.625. The smallest absolute Gasteiger partial charge is 0.161 e. The highest BCUT2D eigenvalue weighted by Crippen LogP contribution is 2.24. The summed E-state index contributed by atoms with van der Waals surface area (Å²) in [5.74, 6) is 1.24. The van der Waals surface area contributed by atoms with Crippen molar-refractivity contribution < 1.29 is 0 Å². The van der Waals surface area contributed by atoms with Crippen molar-refractivity contribution in [3.05, 3.63) is 59.4 Å². The lowest BCUT2D eigenvalue weighted by molar-refractivity contribution is 0.634. The van der Waals surface area contributed by atoms with E-state index >= 15 is 0 Å². The van der Waals surface area contributed by atoms with Crippen LogP contribution >= 0.6 is 11.6 Å². The van der Waals surface area contributed by atoms with Crippen molar-refractivity contribution >= 4 is 22.4 Å². The molecule has 1 heterocycles. The summed E-state index contributed by atoms with van der Waals surface area (Å²) in [6.45, 7) is 4.34. The Bertz CT molecular complexity index is 781. The fraction of sp³-hybridized carbons (Fsp3) is 0.222. The Balaban J connectivity index is 2.06. The molecule has 21 heavy (non-hydrogen) atoms. The number of nitrogens with zero attached hydrogens (tertiary/aromatic N) is 2. The zero-order valence-electron chi connectivity index (χ0n) is 12.2. The molecule has 0 unspecified atom stereocenters. The van der Waals surface area contributed by atoms with Crippen LogP contribution in [0.5, 0.6) is 0 Å². The number of halogens is 1. The molecule has 2 aromatic carbocycles. The van der Waals surface area contributed by atoms with Crippen LogP contribution in [0.25, 0.3) is 22.2 Å². The number of hydrogen-bond acceptors (Lipinski definition) is 2. The van der Waals surface area contributed by atoms with E-state index in [1.165, 1.54) is 10.8 Å². The van der Waals surface area contributed by atoms with Crippen LogP contribution in [0.2, 0.25) is 5.15 Å². The lowest BCUT2D eigenvalue weighted by Crippen LogP contribution is -2.00. The molecule has 1 aromatic heterocycles. The first-order valence-electron chi connectivity index (χ1n) is 7.14. The Morgan fingerprint density at radius 1 is 0.952 bits per heavy atom. The van der Waals surface area contributed by atoms with Crippen LogP contribution in [0.1, 0.15) is 19.5 Å². The van der Waals surface area contributed by atoms with Crippen molar-refractivity contribution in [2.75, 3.05) is 0 Å². The number of benzene rings is 2. The topological polar surface area (TPSA) is 25.8 Å². The molecule has 0 amide bonds. The Morgan fingerprint density at radius 3 is 2.48 bits per heavy atom. The summed E-state index contributed by atoms with van der Waals surface area (Å²) in [6, 6.07) is 16.4. The average molecular weight is 297 g/mol. The minimum absolute atomic E-state index is 0.504. The van der Waals surface area contributed by atoms with Crippen LogP contribution in [0, 0.1) is 5.92 Å². The Kier molecular flexibility index (Phi) is 3.89. The van der Waals surface area contributed by atoms with Crippen LogP contribution in [0.3, 0.4) is 0 Å². The van der Waals surface area contributed by atoms with Crippen LogP contribution in [-0.2, 0) is 6.42 Å². The largest absolute Gasteiger partial charge is 0.233 e. The van der Waals surface area contributed by atoms with Crippen molar-refractivity contribution in [2.24, 2.45) is 5.92 Å². The van der Waals surface area contributed by atoms with Gasteiger partial charge in [-0.15, -0.1) is 0 Å². The van der Waals surface area contributed by atoms with Gasteiger partial charge in [-0.2, -0.15) is 0 Å². The van der Waals surface area contributed by atoms with Crippen LogP contribution < -0.4 is 0 Å². The first kappa shape index (κ1) is 14.0. The summed E-state index contributed by atoms with van der Waals surface area (Å²) >= 11 is 6.15. The fourth-order valence-electron chi connectivity index (χ4n) is 2.44. The molecule has 106 valence electrons. The first-order chi connectivity index (χ1) is 10.1. The van der Waals surface area contributed by atoms with E-state index in [-0.39, 0.29) is 0 Å². The van der Waals surface area contributed by atoms with E-state index in [9.17, 15) is 0 Å². The maximum atomic E-state index is 6.15. The maximum absolute atomic E-state index is 6.15. The van der Waals surface area contributed by atoms with E-state index in [1.807, 2.05) is 24.3 Å². The van der Waals surface area contributed by atoms with Crippen molar-refractivity contribution in [3.8, 4) is 11.4 Å². The first-order valence-corrected chi connectivity index (χ1v) is 7.52. The molecule has 0 spiro atoms. The fourth-order valence-corrected chi connectivity index (χ4v) is 2.65. The van der Waals surface area contributed by atoms with E-state index < -0.39 is 0 Å². The predicted molar refractivity (Wildman–Crippen MR) is 88.5 cm³/mol. The van der Waals surface area contributed by atoms with Crippen molar-refractivity contribution in [1.29, 1.82) is 0 Å². The number of fused-ring (bicyclic) bond motifs is 1. The van der Waals surface area contributed by atoms with Gasteiger partial charge in [-0.1, -0.05) is 61.8 Å². The minimum atomic E-state index is 0.504. The molecule has 3 rings (SSSR count). The van der Waals surface area contributed by atoms with Crippen LogP contribution in [0.15, 0.2) is 48.5 Å². The van der Waals surface area contributed by atoms with Crippen molar-refractivity contribution in [2.45, 2.75) is 20.3 Å². The lowest BCUT2D eigenvalue weighted by atomic mass is 10.1. The van der Waals surface area contributed by atoms with Gasteiger partial charge in [0.15, 0.2) is 5.82 Å². The van der Waals surface area contributed by atoms with Crippen LogP contribution in [-0.4, -0.2) is 9.97 Å². The molecule has 0 saturated heterocycles. The highest BCUT2D eigenvalue weighted by molar-refractivity contribution is 6.29. The second-order valence-electron chi connectivity index (χ2n) is 5.67. The molecule has 0 bridgehead atoms. The summed E-state index contributed by atoms with van der Waals surface area (Å²) < 4.78 is 0. The van der Waals surface area contributed by atoms with E-state index in [2.05, 4.69) is 48.1 Å². The Labute approximate surface area is 129 Å². The van der Waals surface area contributed by atoms with E-state index in [0.29, 0.717) is 16.9 Å². The lowest BCUT2D eigenvalue weighted by Gasteiger charge is -2.08. The Hall–Kier alpha value is -1.93. The van der Waals surface area contributed by atoms with Gasteiger partial charge in [0.25, 0.3) is 0 Å². The molecular weight excluding hydrogens is 280 g/mol. The highest BCUT2D eigenvalue weighted by atomic mass is 35.5. The van der Waals surface area contributed by atoms with Gasteiger partial charge in [-0.3, -0.25) is 0 Å². The second kappa shape index (κ2) is 5.82. The number of rotatable bonds is 3. The second-order valence-corrected chi connectivity index (χ2v) is 6.05. The number of aromatic nitrogens is 2. The van der Waals surface area contributed by atoms with Gasteiger partial charge in [0.1, 0.15) is 5.15 Å². The van der Waals surface area contributed by atoms with E-state index in [0.717, 1.165) is 17.7 Å². The standard InChI is InChI=1S/C18H17ClN2/c1-12(2)9-16-11-17(19)21-18(20-16)15-8-7-13-5-3-4-6-14(13)10-15/h3-8,10-12H,9H2,1-2H3. The SMILES string of the molecule is CC(C)Cc1cc(Cl)nc(-c2ccc3ccccc3c2)n1. The molecule has 0 aliphatic heterocycles. The van der Waals surface area contributed by atoms with E-state index in [4.69, 9.17) is 11.6 Å². The monoisotopic (exact) mass is 296 g/mol. The van der Waals surface area contributed by atoms with Gasteiger partial charge >= 0.3 is 0 Å². The summed E-state index contributed by atoms with van der Waals surface area (Å²) in [4.78, 5) is 9.03. The summed E-state index contributed by atoms with van der Waals surface area (Å²) in [6.07, 6.45) is 0.906. The molecule has 3 heteroatoms. The van der Waals surface area contributed by atoms with Crippen molar-refractivity contribution in [1.82, 2.24) is 9.97 Å². The third kappa shape index (κ3) is 3.22. The summed E-state index contributed by atoms with van der Waals surface area (Å²) in [5, 5.41) is 2.90. The molecule has 2 nitrogen and oxygen atoms in total. The summed E-state index contributed by atoms with van der Waals surface area (Å²) in [7, 11) is 0. The maximum Gasteiger partial charge on any atom is 0.161 e. The van der Waals surface area contributed by atoms with Gasteiger partial charge in [0.05, 0.1) is 0 Å². The molecule has 0 atom stereocenters. The average Bonchev–Trinajstić information content (AvgIpc) is 2.45. The Morgan fingerprint density at radius 2 is 1.71 bits per heavy atom. The molecule has 0 N–H and O–H groups in total. The highest BCUT2D eigenvalue weighted by Gasteiger charge is 2.08. The molecule has 0 aliphatic carbocycles. The normalized spacial score (nSPS) is 11.2. The van der Waals surface area contributed by atoms with Gasteiger partial charge in [-0.05, 0) is 35.2 Å². The molecular formula is C18H17ClN2. The van der Waals surface area contributed by atoms with Gasteiger partial charge in [-0.25, -0.2) is 9.97 Å². The van der Waals surface area contributed by atoms with Gasteiger partial charge < -0.3 is 0 Å². The van der Waals surface area contributed by atoms with Gasteiger partial charge in [0, 0.05) is 11.3 Å². The predicted octanol–water partition coefficient (Wildman–Crippen LogP) is 5.15. The third-order valence-corrected chi connectivity index (χ3v) is 3.57. The molecule has 0 radical (unpaired) electrons. The molecule has 3 aromatic rings. The van der Waals surface area contributed by atoms with Crippen molar-refractivity contribution in [3.63, 3.8) is 0 Å². The minimum Gasteiger partial charge on any atom is -0.233 e.